The van der Waals surface area contributed by atoms with Crippen LogP contribution in [0.5, 0.6) is 5.75 Å². The number of ether oxygens (including phenoxy) is 2. The van der Waals surface area contributed by atoms with Crippen molar-refractivity contribution in [3.8, 4) is 5.75 Å². The van der Waals surface area contributed by atoms with Gasteiger partial charge in [-0.15, -0.1) is 11.3 Å². The molecule has 3 N–H and O–H groups in total. The number of carbonyl (C=O) groups is 3. The maximum atomic E-state index is 13.3. The fourth-order valence-electron chi connectivity index (χ4n) is 4.47. The molecule has 1 heterocycles. The number of rotatable bonds is 9. The predicted octanol–water partition coefficient (Wildman–Crippen LogP) is 4.25. The summed E-state index contributed by atoms with van der Waals surface area (Å²) >= 11 is 7.47. The number of para-hydroxylation sites is 2. The fraction of sp³-hybridized carbons (Fsp3) is 0.296. The maximum Gasteiger partial charge on any atom is 0.340 e. The summed E-state index contributed by atoms with van der Waals surface area (Å²) in [4.78, 5) is 38.4. The van der Waals surface area contributed by atoms with Gasteiger partial charge in [0.15, 0.2) is 6.61 Å². The number of carbonyl (C=O) groups excluding carboxylic acids is 3. The van der Waals surface area contributed by atoms with Crippen LogP contribution >= 0.6 is 22.9 Å². The lowest BCUT2D eigenvalue weighted by molar-refractivity contribution is -0.119. The van der Waals surface area contributed by atoms with Gasteiger partial charge in [-0.2, -0.15) is 0 Å². The Kier molecular flexibility index (Phi) is 8.71. The molecule has 0 saturated carbocycles. The normalized spacial score (nSPS) is 14.7. The number of nitrogens with zero attached hydrogens (tertiary/aromatic N) is 1. The van der Waals surface area contributed by atoms with Gasteiger partial charge in [-0.1, -0.05) is 30.7 Å². The number of anilines is 2. The first-order valence-corrected chi connectivity index (χ1v) is 14.9. The lowest BCUT2D eigenvalue weighted by atomic mass is 9.88. The molecular formula is C27H28ClN3O7S2. The van der Waals surface area contributed by atoms with Crippen LogP contribution in [-0.4, -0.2) is 47.0 Å². The largest absolute Gasteiger partial charge is 0.495 e. The molecule has 212 valence electrons. The molecule has 0 radical (unpaired) electrons. The molecule has 1 aliphatic carbocycles. The molecule has 40 heavy (non-hydrogen) atoms. The summed E-state index contributed by atoms with van der Waals surface area (Å²) in [5.41, 5.74) is 6.78. The molecule has 2 aromatic carbocycles. The molecule has 13 heteroatoms. The summed E-state index contributed by atoms with van der Waals surface area (Å²) in [6.45, 7) is 1.43. The molecule has 2 amide bonds. The van der Waals surface area contributed by atoms with Gasteiger partial charge < -0.3 is 20.5 Å². The first-order chi connectivity index (χ1) is 18.9. The van der Waals surface area contributed by atoms with Gasteiger partial charge in [0.2, 0.25) is 0 Å². The number of hydrogen-bond donors (Lipinski definition) is 2. The molecule has 10 nitrogen and oxygen atoms in total. The second kappa shape index (κ2) is 11.9. The first kappa shape index (κ1) is 29.4. The molecule has 1 aromatic heterocycles. The van der Waals surface area contributed by atoms with Crippen LogP contribution in [0.15, 0.2) is 47.4 Å². The number of hydrogen-bond acceptors (Lipinski definition) is 8. The molecule has 1 unspecified atom stereocenters. The summed E-state index contributed by atoms with van der Waals surface area (Å²) in [5, 5.41) is 2.88. The van der Waals surface area contributed by atoms with Gasteiger partial charge in [0, 0.05) is 11.9 Å². The lowest BCUT2D eigenvalue weighted by Crippen LogP contribution is -2.27. The fourth-order valence-corrected chi connectivity index (χ4v) is 7.33. The number of primary amides is 1. The summed E-state index contributed by atoms with van der Waals surface area (Å²) in [5.74, 6) is -1.52. The predicted molar refractivity (Wildman–Crippen MR) is 153 cm³/mol. The second-order valence-corrected chi connectivity index (χ2v) is 12.8. The molecule has 4 rings (SSSR count). The van der Waals surface area contributed by atoms with Crippen molar-refractivity contribution < 1.29 is 32.3 Å². The highest BCUT2D eigenvalue weighted by Crippen LogP contribution is 2.39. The zero-order chi connectivity index (χ0) is 29.2. The summed E-state index contributed by atoms with van der Waals surface area (Å²) in [7, 11) is -1.34. The molecule has 0 bridgehead atoms. The van der Waals surface area contributed by atoms with Crippen LogP contribution < -0.4 is 20.1 Å². The van der Waals surface area contributed by atoms with E-state index in [9.17, 15) is 22.8 Å². The Bertz CT molecular complexity index is 1590. The zero-order valence-corrected chi connectivity index (χ0v) is 24.4. The number of amides is 2. The van der Waals surface area contributed by atoms with Crippen molar-refractivity contribution in [2.75, 3.05) is 30.4 Å². The number of sulfonamides is 1. The van der Waals surface area contributed by atoms with E-state index in [0.29, 0.717) is 28.8 Å². The highest BCUT2D eigenvalue weighted by Gasteiger charge is 2.28. The van der Waals surface area contributed by atoms with Crippen molar-refractivity contribution in [3.05, 3.63) is 69.1 Å². The number of fused-ring (bicyclic) bond motifs is 1. The van der Waals surface area contributed by atoms with E-state index in [4.69, 9.17) is 26.8 Å². The maximum absolute atomic E-state index is 13.3. The van der Waals surface area contributed by atoms with Gasteiger partial charge in [0.1, 0.15) is 10.8 Å². The van der Waals surface area contributed by atoms with Crippen LogP contribution in [0.4, 0.5) is 10.7 Å². The van der Waals surface area contributed by atoms with E-state index < -0.39 is 34.4 Å². The van der Waals surface area contributed by atoms with Crippen molar-refractivity contribution in [2.24, 2.45) is 11.7 Å². The Morgan fingerprint density at radius 3 is 2.62 bits per heavy atom. The Morgan fingerprint density at radius 1 is 1.20 bits per heavy atom. The number of nitrogens with one attached hydrogen (secondary N) is 1. The van der Waals surface area contributed by atoms with Crippen LogP contribution in [0, 0.1) is 5.92 Å². The van der Waals surface area contributed by atoms with Crippen LogP contribution in [-0.2, 0) is 32.4 Å². The van der Waals surface area contributed by atoms with E-state index in [-0.39, 0.29) is 21.0 Å². The Hall–Kier alpha value is -3.61. The molecule has 1 atom stereocenters. The summed E-state index contributed by atoms with van der Waals surface area (Å²) in [6, 6.07) is 10.2. The monoisotopic (exact) mass is 605 g/mol. The van der Waals surface area contributed by atoms with E-state index in [1.54, 1.807) is 24.3 Å². The third kappa shape index (κ3) is 5.93. The number of benzene rings is 2. The standard InChI is InChI=1S/C27H28ClN3O7S2/c1-15-8-10-17-22(12-15)39-26(24(17)25(29)33)30-23(32)14-38-27(34)18-13-16(9-11-19(18)28)40(35,36)31(2)20-6-4-5-7-21(20)37-3/h4-7,9,11,13,15H,8,10,12,14H2,1-3H3,(H2,29,33)(H,30,32). The summed E-state index contributed by atoms with van der Waals surface area (Å²) < 4.78 is 38.1. The molecular weight excluding hydrogens is 578 g/mol. The topological polar surface area (TPSA) is 145 Å². The minimum absolute atomic E-state index is 0.0552. The average molecular weight is 606 g/mol. The Morgan fingerprint density at radius 2 is 1.93 bits per heavy atom. The quantitative estimate of drug-likeness (QED) is 0.347. The van der Waals surface area contributed by atoms with Gasteiger partial charge in [-0.05, 0) is 61.1 Å². The van der Waals surface area contributed by atoms with Gasteiger partial charge in [0.05, 0.1) is 33.8 Å². The third-order valence-corrected chi connectivity index (χ3v) is 9.85. The smallest absolute Gasteiger partial charge is 0.340 e. The number of thiophene rings is 1. The highest BCUT2D eigenvalue weighted by molar-refractivity contribution is 7.92. The second-order valence-electron chi connectivity index (χ2n) is 9.33. The molecule has 0 spiro atoms. The van der Waals surface area contributed by atoms with Gasteiger partial charge in [0.25, 0.3) is 21.8 Å². The third-order valence-electron chi connectivity index (χ3n) is 6.59. The van der Waals surface area contributed by atoms with E-state index in [2.05, 4.69) is 12.2 Å². The van der Waals surface area contributed by atoms with Crippen molar-refractivity contribution in [2.45, 2.75) is 31.1 Å². The van der Waals surface area contributed by atoms with E-state index in [1.807, 2.05) is 0 Å². The van der Waals surface area contributed by atoms with Crippen molar-refractivity contribution in [1.29, 1.82) is 0 Å². The van der Waals surface area contributed by atoms with Crippen molar-refractivity contribution >= 4 is 61.4 Å². The number of halogens is 1. The van der Waals surface area contributed by atoms with Crippen LogP contribution in [0.25, 0.3) is 0 Å². The molecule has 3 aromatic rings. The molecule has 0 aliphatic heterocycles. The summed E-state index contributed by atoms with van der Waals surface area (Å²) in [6.07, 6.45) is 2.40. The minimum Gasteiger partial charge on any atom is -0.495 e. The molecule has 0 fully saturated rings. The van der Waals surface area contributed by atoms with Crippen LogP contribution in [0.2, 0.25) is 5.02 Å². The lowest BCUT2D eigenvalue weighted by Gasteiger charge is -2.22. The average Bonchev–Trinajstić information content (AvgIpc) is 3.28. The van der Waals surface area contributed by atoms with Gasteiger partial charge >= 0.3 is 5.97 Å². The number of nitrogens with two attached hydrogens (primary N) is 1. The van der Waals surface area contributed by atoms with Gasteiger partial charge in [-0.25, -0.2) is 13.2 Å². The Labute approximate surface area is 241 Å². The first-order valence-electron chi connectivity index (χ1n) is 12.3. The zero-order valence-electron chi connectivity index (χ0n) is 22.0. The highest BCUT2D eigenvalue weighted by atomic mass is 35.5. The van der Waals surface area contributed by atoms with Crippen LogP contribution in [0.1, 0.15) is 44.5 Å². The molecule has 0 saturated heterocycles. The number of methoxy groups -OCH3 is 1. The van der Waals surface area contributed by atoms with E-state index in [0.717, 1.165) is 33.7 Å². The number of esters is 1. The van der Waals surface area contributed by atoms with E-state index in [1.165, 1.54) is 37.6 Å². The Balaban J connectivity index is 1.49. The van der Waals surface area contributed by atoms with E-state index >= 15 is 0 Å². The van der Waals surface area contributed by atoms with Gasteiger partial charge in [-0.3, -0.25) is 13.9 Å². The SMILES string of the molecule is COc1ccccc1N(C)S(=O)(=O)c1ccc(Cl)c(C(=O)OCC(=O)Nc2sc3c(c2C(N)=O)CCC(C)C3)c1. The van der Waals surface area contributed by atoms with Crippen molar-refractivity contribution in [1.82, 2.24) is 0 Å². The van der Waals surface area contributed by atoms with Crippen molar-refractivity contribution in [3.63, 3.8) is 0 Å². The van der Waals surface area contributed by atoms with Crippen LogP contribution in [0.3, 0.4) is 0 Å². The molecule has 1 aliphatic rings. The minimum atomic E-state index is -4.12.